The number of piperazine rings is 1. The van der Waals surface area contributed by atoms with Gasteiger partial charge in [0.05, 0.1) is 22.4 Å². The number of amides is 2. The van der Waals surface area contributed by atoms with E-state index in [0.29, 0.717) is 13.1 Å². The van der Waals surface area contributed by atoms with Crippen LogP contribution in [0.1, 0.15) is 22.5 Å². The molecule has 3 aromatic rings. The van der Waals surface area contributed by atoms with Gasteiger partial charge in [0.1, 0.15) is 0 Å². The van der Waals surface area contributed by atoms with Crippen LogP contribution in [0.2, 0.25) is 0 Å². The van der Waals surface area contributed by atoms with E-state index < -0.39 is 0 Å². The number of urea groups is 1. The standard InChI is InChI=1S/C23H27N5O/c1-15-6-5-7-22(16(15)2)27-10-12-28(13-11-27)23(29)26-19-8-9-20-21(14-19)25-18(4)17(3)24-20/h5-9,14H,10-13H2,1-4H3,(H,26,29). The zero-order chi connectivity index (χ0) is 20.5. The Morgan fingerprint density at radius 2 is 1.59 bits per heavy atom. The van der Waals surface area contributed by atoms with Crippen LogP contribution < -0.4 is 10.2 Å². The molecule has 2 aromatic carbocycles. The van der Waals surface area contributed by atoms with Crippen LogP contribution in [0.4, 0.5) is 16.2 Å². The van der Waals surface area contributed by atoms with E-state index >= 15 is 0 Å². The summed E-state index contributed by atoms with van der Waals surface area (Å²) in [6, 6.07) is 12.0. The number of rotatable bonds is 2. The summed E-state index contributed by atoms with van der Waals surface area (Å²) in [5.74, 6) is 0. The van der Waals surface area contributed by atoms with Gasteiger partial charge in [0, 0.05) is 37.6 Å². The number of carbonyl (C=O) groups excluding carboxylic acids is 1. The van der Waals surface area contributed by atoms with Gasteiger partial charge in [0.25, 0.3) is 0 Å². The van der Waals surface area contributed by atoms with Crippen molar-refractivity contribution in [2.75, 3.05) is 36.4 Å². The summed E-state index contributed by atoms with van der Waals surface area (Å²) in [6.07, 6.45) is 0. The Balaban J connectivity index is 1.42. The number of aryl methyl sites for hydroxylation is 3. The monoisotopic (exact) mass is 389 g/mol. The number of fused-ring (bicyclic) bond motifs is 1. The third-order valence-electron chi connectivity index (χ3n) is 5.81. The first kappa shape index (κ1) is 19.2. The van der Waals surface area contributed by atoms with Crippen LogP contribution in [0, 0.1) is 27.7 Å². The van der Waals surface area contributed by atoms with Gasteiger partial charge in [-0.25, -0.2) is 14.8 Å². The molecule has 2 heterocycles. The highest BCUT2D eigenvalue weighted by Gasteiger charge is 2.22. The second-order valence-corrected chi connectivity index (χ2v) is 7.72. The van der Waals surface area contributed by atoms with Gasteiger partial charge in [-0.05, 0) is 63.1 Å². The van der Waals surface area contributed by atoms with Crippen molar-refractivity contribution in [1.29, 1.82) is 0 Å². The summed E-state index contributed by atoms with van der Waals surface area (Å²) in [5, 5.41) is 3.01. The summed E-state index contributed by atoms with van der Waals surface area (Å²) in [7, 11) is 0. The van der Waals surface area contributed by atoms with Gasteiger partial charge >= 0.3 is 6.03 Å². The normalized spacial score (nSPS) is 14.3. The Bertz CT molecular complexity index is 1070. The lowest BCUT2D eigenvalue weighted by molar-refractivity contribution is 0.208. The molecule has 6 nitrogen and oxygen atoms in total. The van der Waals surface area contributed by atoms with Gasteiger partial charge < -0.3 is 15.1 Å². The van der Waals surface area contributed by atoms with Crippen molar-refractivity contribution in [3.63, 3.8) is 0 Å². The van der Waals surface area contributed by atoms with Gasteiger partial charge in [-0.3, -0.25) is 0 Å². The summed E-state index contributed by atoms with van der Waals surface area (Å²) in [4.78, 5) is 26.1. The molecule has 0 saturated carbocycles. The fourth-order valence-corrected chi connectivity index (χ4v) is 3.74. The predicted octanol–water partition coefficient (Wildman–Crippen LogP) is 4.22. The highest BCUT2D eigenvalue weighted by atomic mass is 16.2. The van der Waals surface area contributed by atoms with Crippen LogP contribution in [0.15, 0.2) is 36.4 Å². The van der Waals surface area contributed by atoms with Crippen molar-refractivity contribution in [2.24, 2.45) is 0 Å². The number of benzene rings is 2. The number of nitrogens with one attached hydrogen (secondary N) is 1. The van der Waals surface area contributed by atoms with Crippen LogP contribution in [0.25, 0.3) is 11.0 Å². The SMILES string of the molecule is Cc1cccc(N2CCN(C(=O)Nc3ccc4nc(C)c(C)nc4c3)CC2)c1C. The molecule has 0 aliphatic carbocycles. The van der Waals surface area contributed by atoms with Crippen molar-refractivity contribution < 1.29 is 4.79 Å². The first-order valence-electron chi connectivity index (χ1n) is 10.0. The molecular weight excluding hydrogens is 362 g/mol. The summed E-state index contributed by atoms with van der Waals surface area (Å²) >= 11 is 0. The van der Waals surface area contributed by atoms with Crippen molar-refractivity contribution >= 4 is 28.4 Å². The number of anilines is 2. The molecule has 1 aliphatic heterocycles. The Labute approximate surface area is 171 Å². The Morgan fingerprint density at radius 3 is 2.31 bits per heavy atom. The molecule has 1 aromatic heterocycles. The molecule has 1 N–H and O–H groups in total. The molecule has 150 valence electrons. The average molecular weight is 390 g/mol. The van der Waals surface area contributed by atoms with Crippen LogP contribution in [-0.4, -0.2) is 47.1 Å². The average Bonchev–Trinajstić information content (AvgIpc) is 2.71. The van der Waals surface area contributed by atoms with E-state index in [1.54, 1.807) is 0 Å². The van der Waals surface area contributed by atoms with Crippen LogP contribution in [0.5, 0.6) is 0 Å². The fourth-order valence-electron chi connectivity index (χ4n) is 3.74. The number of hydrogen-bond donors (Lipinski definition) is 1. The van der Waals surface area contributed by atoms with Gasteiger partial charge in [-0.1, -0.05) is 12.1 Å². The largest absolute Gasteiger partial charge is 0.368 e. The van der Waals surface area contributed by atoms with Gasteiger partial charge in [-0.2, -0.15) is 0 Å². The Kier molecular flexibility index (Phi) is 5.09. The summed E-state index contributed by atoms with van der Waals surface area (Å²) in [6.45, 7) is 11.3. The molecule has 0 radical (unpaired) electrons. The van der Waals surface area contributed by atoms with Crippen molar-refractivity contribution in [1.82, 2.24) is 14.9 Å². The summed E-state index contributed by atoms with van der Waals surface area (Å²) < 4.78 is 0. The number of hydrogen-bond acceptors (Lipinski definition) is 4. The highest BCUT2D eigenvalue weighted by Crippen LogP contribution is 2.24. The van der Waals surface area contributed by atoms with Crippen LogP contribution in [0.3, 0.4) is 0 Å². The first-order chi connectivity index (χ1) is 13.9. The molecule has 1 saturated heterocycles. The minimum atomic E-state index is -0.0678. The third-order valence-corrected chi connectivity index (χ3v) is 5.81. The lowest BCUT2D eigenvalue weighted by atomic mass is 10.1. The minimum Gasteiger partial charge on any atom is -0.368 e. The van der Waals surface area contributed by atoms with E-state index in [0.717, 1.165) is 41.2 Å². The molecule has 0 atom stereocenters. The Hall–Kier alpha value is -3.15. The van der Waals surface area contributed by atoms with Gasteiger partial charge in [0.2, 0.25) is 0 Å². The van der Waals surface area contributed by atoms with Crippen molar-refractivity contribution in [2.45, 2.75) is 27.7 Å². The predicted molar refractivity (Wildman–Crippen MR) is 118 cm³/mol. The quantitative estimate of drug-likeness (QED) is 0.713. The second kappa shape index (κ2) is 7.70. The zero-order valence-electron chi connectivity index (χ0n) is 17.5. The topological polar surface area (TPSA) is 61.4 Å². The molecule has 4 rings (SSSR count). The summed E-state index contributed by atoms with van der Waals surface area (Å²) in [5.41, 5.74) is 8.10. The lowest BCUT2D eigenvalue weighted by Gasteiger charge is -2.37. The molecule has 0 unspecified atom stereocenters. The van der Waals surface area contributed by atoms with E-state index in [1.165, 1.54) is 16.8 Å². The molecular formula is C23H27N5O. The minimum absolute atomic E-state index is 0.0678. The van der Waals surface area contributed by atoms with E-state index in [4.69, 9.17) is 0 Å². The molecule has 0 spiro atoms. The number of aromatic nitrogens is 2. The molecule has 1 aliphatic rings. The van der Waals surface area contributed by atoms with Gasteiger partial charge in [0.15, 0.2) is 0 Å². The molecule has 0 bridgehead atoms. The molecule has 1 fully saturated rings. The van der Waals surface area contributed by atoms with Crippen molar-refractivity contribution in [3.05, 3.63) is 58.9 Å². The maximum absolute atomic E-state index is 12.7. The van der Waals surface area contributed by atoms with Gasteiger partial charge in [-0.15, -0.1) is 0 Å². The maximum atomic E-state index is 12.7. The number of carbonyl (C=O) groups is 1. The van der Waals surface area contributed by atoms with E-state index in [2.05, 4.69) is 52.2 Å². The maximum Gasteiger partial charge on any atom is 0.321 e. The van der Waals surface area contributed by atoms with Crippen LogP contribution in [-0.2, 0) is 0 Å². The highest BCUT2D eigenvalue weighted by molar-refractivity contribution is 5.92. The Morgan fingerprint density at radius 1 is 0.897 bits per heavy atom. The van der Waals surface area contributed by atoms with E-state index in [1.807, 2.05) is 36.9 Å². The van der Waals surface area contributed by atoms with Crippen LogP contribution >= 0.6 is 0 Å². The fraction of sp³-hybridized carbons (Fsp3) is 0.348. The zero-order valence-corrected chi connectivity index (χ0v) is 17.5. The second-order valence-electron chi connectivity index (χ2n) is 7.72. The molecule has 6 heteroatoms. The molecule has 2 amide bonds. The third kappa shape index (κ3) is 3.88. The van der Waals surface area contributed by atoms with E-state index in [9.17, 15) is 4.79 Å². The number of nitrogens with zero attached hydrogens (tertiary/aromatic N) is 4. The first-order valence-corrected chi connectivity index (χ1v) is 10.0. The lowest BCUT2D eigenvalue weighted by Crippen LogP contribution is -2.50. The smallest absolute Gasteiger partial charge is 0.321 e. The van der Waals surface area contributed by atoms with Crippen molar-refractivity contribution in [3.8, 4) is 0 Å². The molecule has 29 heavy (non-hydrogen) atoms. The van der Waals surface area contributed by atoms with E-state index in [-0.39, 0.29) is 6.03 Å².